The quantitative estimate of drug-likeness (QED) is 0.238. The van der Waals surface area contributed by atoms with E-state index in [4.69, 9.17) is 14.5 Å². The number of anilines is 2. The van der Waals surface area contributed by atoms with E-state index >= 15 is 0 Å². The molecule has 3 aliphatic rings. The summed E-state index contributed by atoms with van der Waals surface area (Å²) in [6.45, 7) is 9.34. The van der Waals surface area contributed by atoms with Crippen molar-refractivity contribution in [2.24, 2.45) is 0 Å². The van der Waals surface area contributed by atoms with Gasteiger partial charge in [0.2, 0.25) is 18.2 Å². The van der Waals surface area contributed by atoms with Gasteiger partial charge < -0.3 is 33.9 Å². The summed E-state index contributed by atoms with van der Waals surface area (Å²) < 4.78 is 13.6. The molecular weight excluding hydrogens is 602 g/mol. The van der Waals surface area contributed by atoms with Crippen LogP contribution in [0.4, 0.5) is 11.4 Å². The zero-order chi connectivity index (χ0) is 32.9. The molecule has 3 aromatic rings. The van der Waals surface area contributed by atoms with Crippen molar-refractivity contribution in [1.29, 1.82) is 0 Å². The van der Waals surface area contributed by atoms with E-state index in [2.05, 4.69) is 20.4 Å². The van der Waals surface area contributed by atoms with Gasteiger partial charge in [0.15, 0.2) is 6.10 Å². The number of benzene rings is 1. The number of nitrogens with one attached hydrogen (secondary N) is 2. The van der Waals surface area contributed by atoms with Crippen LogP contribution in [0.15, 0.2) is 42.7 Å². The number of piperidine rings is 2. The van der Waals surface area contributed by atoms with Gasteiger partial charge in [-0.15, -0.1) is 0 Å². The van der Waals surface area contributed by atoms with Crippen LogP contribution in [0.3, 0.4) is 0 Å². The first-order chi connectivity index (χ1) is 22.7. The highest BCUT2D eigenvalue weighted by molar-refractivity contribution is 5.99. The van der Waals surface area contributed by atoms with E-state index in [0.29, 0.717) is 55.4 Å². The van der Waals surface area contributed by atoms with Gasteiger partial charge in [-0.3, -0.25) is 24.5 Å². The van der Waals surface area contributed by atoms with Crippen molar-refractivity contribution in [1.82, 2.24) is 24.5 Å². The summed E-state index contributed by atoms with van der Waals surface area (Å²) in [5.74, 6) is 1.07. The third-order valence-electron chi connectivity index (χ3n) is 9.10. The molecule has 13 nitrogen and oxygen atoms in total. The molecule has 0 radical (unpaired) electrons. The molecule has 3 fully saturated rings. The normalized spacial score (nSPS) is 19.6. The lowest BCUT2D eigenvalue weighted by Crippen LogP contribution is -2.49. The summed E-state index contributed by atoms with van der Waals surface area (Å²) in [7, 11) is 0. The number of carbonyl (C=O) groups is 4. The number of imide groups is 1. The first-order valence-electron chi connectivity index (χ1n) is 16.5. The van der Waals surface area contributed by atoms with Gasteiger partial charge in [0.05, 0.1) is 11.8 Å². The van der Waals surface area contributed by atoms with Crippen molar-refractivity contribution in [3.8, 4) is 11.5 Å². The predicted octanol–water partition coefficient (Wildman–Crippen LogP) is 2.79. The van der Waals surface area contributed by atoms with Crippen LogP contribution in [0.1, 0.15) is 57.6 Å². The largest absolute Gasteiger partial charge is 0.489 e. The van der Waals surface area contributed by atoms with Crippen LogP contribution in [-0.2, 0) is 19.2 Å². The molecule has 2 N–H and O–H groups in total. The molecule has 4 amide bonds. The summed E-state index contributed by atoms with van der Waals surface area (Å²) in [6, 6.07) is 9.49. The SMILES string of the molecule is CC(C)Oc1cc2nc(C3CCN(CCC(=O)N4CCN(c5ccc(OC6CCC(=O)NC6=O)cc5)CC4)CC3)cn2cc1NC=O. The van der Waals surface area contributed by atoms with Crippen LogP contribution < -0.4 is 25.0 Å². The number of pyridine rings is 1. The molecule has 3 aliphatic heterocycles. The van der Waals surface area contributed by atoms with Crippen LogP contribution in [0, 0.1) is 0 Å². The third kappa shape index (κ3) is 7.84. The zero-order valence-corrected chi connectivity index (χ0v) is 27.0. The second kappa shape index (κ2) is 14.4. The molecule has 13 heteroatoms. The lowest BCUT2D eigenvalue weighted by molar-refractivity contribution is -0.139. The molecule has 5 heterocycles. The summed E-state index contributed by atoms with van der Waals surface area (Å²) in [5.41, 5.74) is 3.48. The Morgan fingerprint density at radius 1 is 1.04 bits per heavy atom. The highest BCUT2D eigenvalue weighted by Crippen LogP contribution is 2.31. The van der Waals surface area contributed by atoms with Crippen LogP contribution in [0.25, 0.3) is 5.65 Å². The molecular formula is C34H43N7O6. The predicted molar refractivity (Wildman–Crippen MR) is 176 cm³/mol. The van der Waals surface area contributed by atoms with E-state index in [1.54, 1.807) is 0 Å². The zero-order valence-electron chi connectivity index (χ0n) is 27.0. The lowest BCUT2D eigenvalue weighted by Gasteiger charge is -2.37. The highest BCUT2D eigenvalue weighted by Gasteiger charge is 2.29. The molecule has 6 rings (SSSR count). The molecule has 3 saturated heterocycles. The standard InChI is InChI=1S/C34H43N7O6/c1-23(2)46-30-19-31-36-27(20-41(31)21-28(30)35-22-42)24-9-12-38(13-10-24)14-11-33(44)40-17-15-39(16-18-40)25-3-5-26(6-4-25)47-29-7-8-32(43)37-34(29)45/h3-6,19-24,29H,7-18H2,1-2H3,(H,35,42)(H,37,43,45). The van der Waals surface area contributed by atoms with Crippen molar-refractivity contribution in [2.45, 2.75) is 64.1 Å². The molecule has 1 unspecified atom stereocenters. The number of nitrogens with zero attached hydrogens (tertiary/aromatic N) is 5. The number of carbonyl (C=O) groups excluding carboxylic acids is 4. The monoisotopic (exact) mass is 645 g/mol. The Balaban J connectivity index is 0.931. The Bertz CT molecular complexity index is 1590. The van der Waals surface area contributed by atoms with Gasteiger partial charge in [-0.1, -0.05) is 0 Å². The summed E-state index contributed by atoms with van der Waals surface area (Å²) in [6.07, 6.45) is 6.97. The topological polar surface area (TPSA) is 138 Å². The Kier molecular flexibility index (Phi) is 9.90. The molecule has 0 saturated carbocycles. The highest BCUT2D eigenvalue weighted by atomic mass is 16.5. The van der Waals surface area contributed by atoms with Crippen LogP contribution in [0.5, 0.6) is 11.5 Å². The summed E-state index contributed by atoms with van der Waals surface area (Å²) in [5, 5.41) is 5.04. The maximum atomic E-state index is 13.1. The van der Waals surface area contributed by atoms with E-state index in [1.807, 2.05) is 65.9 Å². The minimum absolute atomic E-state index is 0.0276. The average molecular weight is 646 g/mol. The van der Waals surface area contributed by atoms with Gasteiger partial charge in [-0.2, -0.15) is 0 Å². The first-order valence-corrected chi connectivity index (χ1v) is 16.5. The van der Waals surface area contributed by atoms with Gasteiger partial charge >= 0.3 is 0 Å². The number of likely N-dealkylation sites (tertiary alicyclic amines) is 1. The third-order valence-corrected chi connectivity index (χ3v) is 9.10. The van der Waals surface area contributed by atoms with E-state index in [1.165, 1.54) is 0 Å². The van der Waals surface area contributed by atoms with Crippen LogP contribution in [-0.4, -0.2) is 101 Å². The summed E-state index contributed by atoms with van der Waals surface area (Å²) in [4.78, 5) is 59.0. The maximum Gasteiger partial charge on any atom is 0.267 e. The number of hydrogen-bond acceptors (Lipinski definition) is 9. The first kappa shape index (κ1) is 32.3. The number of piperazine rings is 1. The fraction of sp³-hybridized carbons (Fsp3) is 0.500. The number of rotatable bonds is 11. The molecule has 2 aromatic heterocycles. The second-order valence-corrected chi connectivity index (χ2v) is 12.7. The van der Waals surface area contributed by atoms with Gasteiger partial charge in [0, 0.05) is 82.1 Å². The Hall–Kier alpha value is -4.65. The molecule has 0 aliphatic carbocycles. The fourth-order valence-corrected chi connectivity index (χ4v) is 6.52. The average Bonchev–Trinajstić information content (AvgIpc) is 3.48. The smallest absolute Gasteiger partial charge is 0.267 e. The number of aromatic nitrogens is 2. The second-order valence-electron chi connectivity index (χ2n) is 12.7. The Labute approximate surface area is 274 Å². The van der Waals surface area contributed by atoms with E-state index < -0.39 is 12.0 Å². The number of fused-ring (bicyclic) bond motifs is 1. The van der Waals surface area contributed by atoms with Gasteiger partial charge in [-0.05, 0) is 64.0 Å². The van der Waals surface area contributed by atoms with Gasteiger partial charge in [-0.25, -0.2) is 4.98 Å². The lowest BCUT2D eigenvalue weighted by atomic mass is 9.94. The van der Waals surface area contributed by atoms with Crippen molar-refractivity contribution in [2.75, 3.05) is 56.0 Å². The van der Waals surface area contributed by atoms with Crippen molar-refractivity contribution in [3.63, 3.8) is 0 Å². The molecule has 0 spiro atoms. The fourth-order valence-electron chi connectivity index (χ4n) is 6.52. The number of ether oxygens (including phenoxy) is 2. The number of hydrogen-bond donors (Lipinski definition) is 2. The van der Waals surface area contributed by atoms with Crippen LogP contribution >= 0.6 is 0 Å². The van der Waals surface area contributed by atoms with Gasteiger partial charge in [0.1, 0.15) is 22.8 Å². The molecule has 1 aromatic carbocycles. The maximum absolute atomic E-state index is 13.1. The molecule has 250 valence electrons. The minimum atomic E-state index is -0.655. The van der Waals surface area contributed by atoms with Crippen molar-refractivity contribution in [3.05, 3.63) is 48.4 Å². The van der Waals surface area contributed by atoms with Crippen molar-refractivity contribution >= 4 is 41.2 Å². The van der Waals surface area contributed by atoms with Crippen LogP contribution in [0.2, 0.25) is 0 Å². The van der Waals surface area contributed by atoms with E-state index in [0.717, 1.165) is 62.6 Å². The van der Waals surface area contributed by atoms with E-state index in [9.17, 15) is 19.2 Å². The Morgan fingerprint density at radius 3 is 2.47 bits per heavy atom. The summed E-state index contributed by atoms with van der Waals surface area (Å²) >= 11 is 0. The van der Waals surface area contributed by atoms with E-state index in [-0.39, 0.29) is 24.3 Å². The number of amides is 4. The molecule has 1 atom stereocenters. The molecule has 47 heavy (non-hydrogen) atoms. The van der Waals surface area contributed by atoms with Gasteiger partial charge in [0.25, 0.3) is 5.91 Å². The minimum Gasteiger partial charge on any atom is -0.489 e. The molecule has 0 bridgehead atoms. The number of imidazole rings is 1. The Morgan fingerprint density at radius 2 is 1.79 bits per heavy atom. The van der Waals surface area contributed by atoms with Crippen molar-refractivity contribution < 1.29 is 28.7 Å².